The molecule has 3 aromatic rings. The van der Waals surface area contributed by atoms with Crippen LogP contribution in [0.3, 0.4) is 0 Å². The Bertz CT molecular complexity index is 1050. The maximum atomic E-state index is 13.6. The number of hydrogen-bond donors (Lipinski definition) is 0. The lowest BCUT2D eigenvalue weighted by Gasteiger charge is -2.31. The number of pyridine rings is 1. The fourth-order valence-corrected chi connectivity index (χ4v) is 4.59. The normalized spacial score (nSPS) is 15.5. The minimum absolute atomic E-state index is 0.0707. The van der Waals surface area contributed by atoms with Crippen LogP contribution < -0.4 is 0 Å². The van der Waals surface area contributed by atoms with Crippen LogP contribution in [-0.4, -0.2) is 50.3 Å². The number of hydrogen-bond acceptors (Lipinski definition) is 7. The molecule has 0 spiro atoms. The average Bonchev–Trinajstić information content (AvgIpc) is 3.23. The quantitative estimate of drug-likeness (QED) is 0.479. The molecular formula is C23H26FN5O2S. The van der Waals surface area contributed by atoms with Crippen LogP contribution in [0.2, 0.25) is 0 Å². The summed E-state index contributed by atoms with van der Waals surface area (Å²) in [5.74, 6) is 0.116. The van der Waals surface area contributed by atoms with E-state index in [-0.39, 0.29) is 11.9 Å². The third kappa shape index (κ3) is 4.99. The van der Waals surface area contributed by atoms with Crippen LogP contribution >= 0.6 is 11.8 Å². The summed E-state index contributed by atoms with van der Waals surface area (Å²) in [6.45, 7) is 6.26. The number of carbonyl (C=O) groups excluding carboxylic acids is 1. The Balaban J connectivity index is 1.65. The van der Waals surface area contributed by atoms with Gasteiger partial charge in [0.25, 0.3) is 0 Å². The van der Waals surface area contributed by atoms with E-state index in [0.29, 0.717) is 22.4 Å². The molecular weight excluding hydrogens is 429 g/mol. The van der Waals surface area contributed by atoms with E-state index in [1.54, 1.807) is 31.2 Å². The van der Waals surface area contributed by atoms with Crippen molar-refractivity contribution in [2.45, 2.75) is 49.3 Å². The number of ether oxygens (including phenoxy) is 1. The van der Waals surface area contributed by atoms with Gasteiger partial charge in [-0.2, -0.15) is 0 Å². The SMILES string of the molecule is CCOC(=O)c1ccc(Sc2nnc(C(C)N3CCCCC3)n2-c2ccc(F)cc2)nc1. The summed E-state index contributed by atoms with van der Waals surface area (Å²) < 4.78 is 20.6. The Morgan fingerprint density at radius 2 is 1.88 bits per heavy atom. The van der Waals surface area contributed by atoms with Crippen LogP contribution in [0.4, 0.5) is 4.39 Å². The first-order valence-corrected chi connectivity index (χ1v) is 11.6. The minimum atomic E-state index is -0.399. The van der Waals surface area contributed by atoms with E-state index in [1.165, 1.54) is 49.4 Å². The molecule has 0 bridgehead atoms. The summed E-state index contributed by atoms with van der Waals surface area (Å²) in [5.41, 5.74) is 1.19. The molecule has 0 saturated carbocycles. The van der Waals surface area contributed by atoms with Crippen LogP contribution in [-0.2, 0) is 4.74 Å². The molecule has 168 valence electrons. The molecule has 7 nitrogen and oxygen atoms in total. The van der Waals surface area contributed by atoms with Gasteiger partial charge in [0.2, 0.25) is 5.16 Å². The van der Waals surface area contributed by atoms with E-state index in [9.17, 15) is 9.18 Å². The fraction of sp³-hybridized carbons (Fsp3) is 0.391. The number of piperidine rings is 1. The lowest BCUT2D eigenvalue weighted by Crippen LogP contribution is -2.33. The molecule has 1 fully saturated rings. The highest BCUT2D eigenvalue weighted by Crippen LogP contribution is 2.32. The third-order valence-corrected chi connectivity index (χ3v) is 6.40. The predicted octanol–water partition coefficient (Wildman–Crippen LogP) is 4.68. The molecule has 0 aliphatic carbocycles. The minimum Gasteiger partial charge on any atom is -0.462 e. The van der Waals surface area contributed by atoms with Crippen LogP contribution in [0.5, 0.6) is 0 Å². The van der Waals surface area contributed by atoms with Crippen LogP contribution in [0.25, 0.3) is 5.69 Å². The molecule has 9 heteroatoms. The van der Waals surface area contributed by atoms with Gasteiger partial charge in [0, 0.05) is 11.9 Å². The molecule has 0 N–H and O–H groups in total. The molecule has 0 amide bonds. The Labute approximate surface area is 191 Å². The number of rotatable bonds is 7. The van der Waals surface area contributed by atoms with Gasteiger partial charge in [0.05, 0.1) is 18.2 Å². The van der Waals surface area contributed by atoms with Crippen LogP contribution in [0, 0.1) is 5.82 Å². The summed E-state index contributed by atoms with van der Waals surface area (Å²) >= 11 is 1.35. The van der Waals surface area contributed by atoms with Gasteiger partial charge >= 0.3 is 5.97 Å². The number of esters is 1. The smallest absolute Gasteiger partial charge is 0.339 e. The number of aromatic nitrogens is 4. The van der Waals surface area contributed by atoms with Crippen molar-refractivity contribution in [2.24, 2.45) is 0 Å². The monoisotopic (exact) mass is 455 g/mol. The molecule has 1 unspecified atom stereocenters. The molecule has 32 heavy (non-hydrogen) atoms. The zero-order chi connectivity index (χ0) is 22.5. The molecule has 0 radical (unpaired) electrons. The second-order valence-electron chi connectivity index (χ2n) is 7.63. The Morgan fingerprint density at radius 3 is 2.53 bits per heavy atom. The van der Waals surface area contributed by atoms with Gasteiger partial charge in [-0.25, -0.2) is 14.2 Å². The van der Waals surface area contributed by atoms with Gasteiger partial charge in [-0.3, -0.25) is 9.47 Å². The summed E-state index contributed by atoms with van der Waals surface area (Å²) in [6.07, 6.45) is 5.10. The first kappa shape index (κ1) is 22.4. The standard InChI is InChI=1S/C23H26FN5O2S/c1-3-31-22(30)17-7-12-20(25-15-17)32-23-27-26-21(16(2)28-13-5-4-6-14-28)29(23)19-10-8-18(24)9-11-19/h7-12,15-16H,3-6,13-14H2,1-2H3. The van der Waals surface area contributed by atoms with Crippen molar-refractivity contribution in [1.29, 1.82) is 0 Å². The van der Waals surface area contributed by atoms with Crippen molar-refractivity contribution in [3.63, 3.8) is 0 Å². The largest absolute Gasteiger partial charge is 0.462 e. The second-order valence-corrected chi connectivity index (χ2v) is 8.62. The van der Waals surface area contributed by atoms with Crippen LogP contribution in [0.15, 0.2) is 52.8 Å². The van der Waals surface area contributed by atoms with Gasteiger partial charge in [-0.15, -0.1) is 10.2 Å². The van der Waals surface area contributed by atoms with Gasteiger partial charge in [-0.05, 0) is 87.9 Å². The van der Waals surface area contributed by atoms with E-state index < -0.39 is 5.97 Å². The Kier molecular flexibility index (Phi) is 7.16. The van der Waals surface area contributed by atoms with Crippen molar-refractivity contribution in [3.05, 3.63) is 59.8 Å². The van der Waals surface area contributed by atoms with Gasteiger partial charge in [0.15, 0.2) is 5.82 Å². The number of carbonyl (C=O) groups is 1. The highest BCUT2D eigenvalue weighted by Gasteiger charge is 2.26. The Morgan fingerprint density at radius 1 is 1.12 bits per heavy atom. The van der Waals surface area contributed by atoms with E-state index in [2.05, 4.69) is 27.0 Å². The summed E-state index contributed by atoms with van der Waals surface area (Å²) in [5, 5.41) is 10.3. The van der Waals surface area contributed by atoms with E-state index in [0.717, 1.165) is 24.6 Å². The zero-order valence-electron chi connectivity index (χ0n) is 18.2. The van der Waals surface area contributed by atoms with Crippen molar-refractivity contribution < 1.29 is 13.9 Å². The molecule has 3 heterocycles. The van der Waals surface area contributed by atoms with Gasteiger partial charge < -0.3 is 4.74 Å². The Hall–Kier alpha value is -2.78. The summed E-state index contributed by atoms with van der Waals surface area (Å²) in [7, 11) is 0. The maximum absolute atomic E-state index is 13.6. The van der Waals surface area contributed by atoms with Gasteiger partial charge in [0.1, 0.15) is 10.8 Å². The van der Waals surface area contributed by atoms with E-state index >= 15 is 0 Å². The molecule has 1 atom stereocenters. The van der Waals surface area contributed by atoms with Crippen molar-refractivity contribution in [1.82, 2.24) is 24.6 Å². The third-order valence-electron chi connectivity index (χ3n) is 5.50. The summed E-state index contributed by atoms with van der Waals surface area (Å²) in [4.78, 5) is 18.7. The fourth-order valence-electron chi connectivity index (χ4n) is 3.79. The molecule has 4 rings (SSSR count). The lowest BCUT2D eigenvalue weighted by atomic mass is 10.1. The van der Waals surface area contributed by atoms with Crippen molar-refractivity contribution in [3.8, 4) is 5.69 Å². The lowest BCUT2D eigenvalue weighted by molar-refractivity contribution is 0.0525. The highest BCUT2D eigenvalue weighted by molar-refractivity contribution is 7.99. The highest BCUT2D eigenvalue weighted by atomic mass is 32.2. The number of nitrogens with zero attached hydrogens (tertiary/aromatic N) is 5. The first-order chi connectivity index (χ1) is 15.6. The number of halogens is 1. The maximum Gasteiger partial charge on any atom is 0.339 e. The van der Waals surface area contributed by atoms with Gasteiger partial charge in [-0.1, -0.05) is 6.42 Å². The summed E-state index contributed by atoms with van der Waals surface area (Å²) in [6, 6.07) is 9.84. The van der Waals surface area contributed by atoms with Crippen LogP contribution in [0.1, 0.15) is 55.3 Å². The molecule has 1 aliphatic heterocycles. The molecule has 1 saturated heterocycles. The number of likely N-dealkylation sites (tertiary alicyclic amines) is 1. The molecule has 2 aromatic heterocycles. The zero-order valence-corrected chi connectivity index (χ0v) is 19.0. The van der Waals surface area contributed by atoms with Crippen molar-refractivity contribution >= 4 is 17.7 Å². The van der Waals surface area contributed by atoms with Crippen molar-refractivity contribution in [2.75, 3.05) is 19.7 Å². The average molecular weight is 456 g/mol. The van der Waals surface area contributed by atoms with E-state index in [4.69, 9.17) is 4.74 Å². The second kappa shape index (κ2) is 10.2. The predicted molar refractivity (Wildman–Crippen MR) is 119 cm³/mol. The van der Waals surface area contributed by atoms with E-state index in [1.807, 2.05) is 4.57 Å². The topological polar surface area (TPSA) is 73.1 Å². The molecule has 1 aromatic carbocycles. The number of benzene rings is 1. The first-order valence-electron chi connectivity index (χ1n) is 10.8. The molecule has 1 aliphatic rings.